The predicted molar refractivity (Wildman–Crippen MR) is 121 cm³/mol. The zero-order chi connectivity index (χ0) is 19.8. The lowest BCUT2D eigenvalue weighted by atomic mass is 10.0. The molecule has 29 heavy (non-hydrogen) atoms. The van der Waals surface area contributed by atoms with Crippen molar-refractivity contribution in [2.45, 2.75) is 6.04 Å². The predicted octanol–water partition coefficient (Wildman–Crippen LogP) is 5.71. The first kappa shape index (κ1) is 18.7. The number of benzene rings is 3. The van der Waals surface area contributed by atoms with Crippen LogP contribution in [0.1, 0.15) is 22.7 Å². The lowest BCUT2D eigenvalue weighted by Crippen LogP contribution is -2.45. The van der Waals surface area contributed by atoms with Gasteiger partial charge < -0.3 is 0 Å². The molecule has 0 aromatic heterocycles. The van der Waals surface area contributed by atoms with Crippen molar-refractivity contribution in [1.82, 2.24) is 9.91 Å². The van der Waals surface area contributed by atoms with Crippen LogP contribution in [-0.4, -0.2) is 42.3 Å². The first-order chi connectivity index (χ1) is 14.2. The second-order valence-electron chi connectivity index (χ2n) is 7.45. The molecule has 3 nitrogen and oxygen atoms in total. The smallest absolute Gasteiger partial charge is 0.0680 e. The molecule has 0 radical (unpaired) electrons. The topological polar surface area (TPSA) is 18.8 Å². The van der Waals surface area contributed by atoms with E-state index in [9.17, 15) is 0 Å². The molecule has 1 fully saturated rings. The number of nitrogens with zero attached hydrogens (tertiary/aromatic N) is 3. The Hall–Kier alpha value is -2.33. The van der Waals surface area contributed by atoms with Crippen molar-refractivity contribution in [2.75, 3.05) is 26.2 Å². The van der Waals surface area contributed by atoms with Crippen LogP contribution in [0.15, 0.2) is 71.8 Å². The minimum atomic E-state index is 0.330. The second kappa shape index (κ2) is 7.83. The van der Waals surface area contributed by atoms with Gasteiger partial charge in [-0.05, 0) is 28.3 Å². The van der Waals surface area contributed by atoms with Crippen LogP contribution in [-0.2, 0) is 0 Å². The zero-order valence-electron chi connectivity index (χ0n) is 15.9. The maximum atomic E-state index is 6.27. The molecule has 5 heteroatoms. The Morgan fingerprint density at radius 2 is 1.38 bits per heavy atom. The summed E-state index contributed by atoms with van der Waals surface area (Å²) in [4.78, 5) is 2.57. The van der Waals surface area contributed by atoms with Gasteiger partial charge in [-0.1, -0.05) is 83.9 Å². The van der Waals surface area contributed by atoms with Gasteiger partial charge in [-0.3, -0.25) is 9.91 Å². The maximum absolute atomic E-state index is 6.27. The van der Waals surface area contributed by atoms with Crippen LogP contribution in [0, 0.1) is 0 Å². The summed E-state index contributed by atoms with van der Waals surface area (Å²) >= 11 is 12.4. The molecule has 0 amide bonds. The molecule has 0 spiro atoms. The summed E-state index contributed by atoms with van der Waals surface area (Å²) in [6.07, 6.45) is 1.81. The van der Waals surface area contributed by atoms with Crippen molar-refractivity contribution in [2.24, 2.45) is 5.10 Å². The molecule has 1 aliphatic carbocycles. The summed E-state index contributed by atoms with van der Waals surface area (Å²) in [5.41, 5.74) is 6.40. The lowest BCUT2D eigenvalue weighted by Gasteiger charge is -2.37. The summed E-state index contributed by atoms with van der Waals surface area (Å²) in [6.45, 7) is 3.70. The largest absolute Gasteiger partial charge is 0.294 e. The van der Waals surface area contributed by atoms with Crippen molar-refractivity contribution in [1.29, 1.82) is 0 Å². The fourth-order valence-electron chi connectivity index (χ4n) is 4.37. The van der Waals surface area contributed by atoms with E-state index in [1.54, 1.807) is 6.07 Å². The van der Waals surface area contributed by atoms with Crippen LogP contribution in [0.2, 0.25) is 10.0 Å². The fraction of sp³-hybridized carbons (Fsp3) is 0.208. The molecule has 1 saturated heterocycles. The van der Waals surface area contributed by atoms with Crippen molar-refractivity contribution in [3.63, 3.8) is 0 Å². The van der Waals surface area contributed by atoms with Gasteiger partial charge in [0.05, 0.1) is 22.3 Å². The molecular formula is C24H21Cl2N3. The van der Waals surface area contributed by atoms with E-state index in [4.69, 9.17) is 23.2 Å². The van der Waals surface area contributed by atoms with E-state index in [2.05, 4.69) is 63.5 Å². The summed E-state index contributed by atoms with van der Waals surface area (Å²) in [5, 5.41) is 7.86. The van der Waals surface area contributed by atoms with Crippen LogP contribution in [0.4, 0.5) is 0 Å². The highest BCUT2D eigenvalue weighted by atomic mass is 35.5. The third kappa shape index (κ3) is 3.44. The van der Waals surface area contributed by atoms with Crippen molar-refractivity contribution in [3.05, 3.63) is 93.5 Å². The fourth-order valence-corrected chi connectivity index (χ4v) is 4.73. The van der Waals surface area contributed by atoms with Gasteiger partial charge in [0.2, 0.25) is 0 Å². The monoisotopic (exact) mass is 421 g/mol. The molecule has 0 saturated carbocycles. The molecule has 0 bridgehead atoms. The molecule has 3 aromatic carbocycles. The van der Waals surface area contributed by atoms with Crippen LogP contribution in [0.3, 0.4) is 0 Å². The first-order valence-corrected chi connectivity index (χ1v) is 10.6. The summed E-state index contributed by atoms with van der Waals surface area (Å²) in [6, 6.07) is 23.5. The van der Waals surface area contributed by atoms with Crippen LogP contribution in [0.5, 0.6) is 0 Å². The van der Waals surface area contributed by atoms with E-state index in [1.807, 2.05) is 18.3 Å². The Labute approximate surface area is 181 Å². The van der Waals surface area contributed by atoms with Gasteiger partial charge in [-0.15, -0.1) is 0 Å². The third-order valence-electron chi connectivity index (χ3n) is 5.80. The Morgan fingerprint density at radius 1 is 0.759 bits per heavy atom. The van der Waals surface area contributed by atoms with Gasteiger partial charge in [0, 0.05) is 31.7 Å². The van der Waals surface area contributed by atoms with E-state index < -0.39 is 0 Å². The molecule has 0 N–H and O–H groups in total. The molecule has 0 unspecified atom stereocenters. The van der Waals surface area contributed by atoms with E-state index in [0.717, 1.165) is 31.7 Å². The molecule has 3 aromatic rings. The molecule has 1 aliphatic heterocycles. The number of hydrazone groups is 1. The normalized spacial score (nSPS) is 17.0. The zero-order valence-corrected chi connectivity index (χ0v) is 17.4. The summed E-state index contributed by atoms with van der Waals surface area (Å²) in [5.74, 6) is 0. The Bertz CT molecular complexity index is 1030. The standard InChI is InChI=1S/C24H21Cl2N3/c25-22-11-5-6-17(23(22)26)16-27-29-14-12-28(13-15-29)24-20-9-3-1-7-18(20)19-8-2-4-10-21(19)24/h1-11,16,24H,12-15H2/b27-16-. The second-order valence-corrected chi connectivity index (χ2v) is 8.24. The van der Waals surface area contributed by atoms with E-state index in [-0.39, 0.29) is 0 Å². The van der Waals surface area contributed by atoms with Crippen molar-refractivity contribution < 1.29 is 0 Å². The Morgan fingerprint density at radius 3 is 2.03 bits per heavy atom. The maximum Gasteiger partial charge on any atom is 0.0680 e. The molecular weight excluding hydrogens is 401 g/mol. The van der Waals surface area contributed by atoms with Gasteiger partial charge in [0.1, 0.15) is 0 Å². The third-order valence-corrected chi connectivity index (χ3v) is 6.63. The first-order valence-electron chi connectivity index (χ1n) is 9.87. The molecule has 146 valence electrons. The minimum Gasteiger partial charge on any atom is -0.294 e. The number of fused-ring (bicyclic) bond motifs is 3. The average Bonchev–Trinajstić information content (AvgIpc) is 3.10. The van der Waals surface area contributed by atoms with Gasteiger partial charge in [0.15, 0.2) is 0 Å². The summed E-state index contributed by atoms with van der Waals surface area (Å²) < 4.78 is 0. The van der Waals surface area contributed by atoms with E-state index in [1.165, 1.54) is 22.3 Å². The Balaban J connectivity index is 1.32. The van der Waals surface area contributed by atoms with Gasteiger partial charge in [0.25, 0.3) is 0 Å². The van der Waals surface area contributed by atoms with Gasteiger partial charge >= 0.3 is 0 Å². The molecule has 2 aliphatic rings. The highest BCUT2D eigenvalue weighted by Crippen LogP contribution is 2.46. The quantitative estimate of drug-likeness (QED) is 0.503. The van der Waals surface area contributed by atoms with Crippen LogP contribution < -0.4 is 0 Å². The highest BCUT2D eigenvalue weighted by molar-refractivity contribution is 6.43. The number of rotatable bonds is 3. The molecule has 1 heterocycles. The number of hydrogen-bond donors (Lipinski definition) is 0. The van der Waals surface area contributed by atoms with Gasteiger partial charge in [-0.2, -0.15) is 5.10 Å². The molecule has 5 rings (SSSR count). The van der Waals surface area contributed by atoms with E-state index >= 15 is 0 Å². The van der Waals surface area contributed by atoms with Crippen LogP contribution >= 0.6 is 23.2 Å². The number of hydrogen-bond acceptors (Lipinski definition) is 3. The van der Waals surface area contributed by atoms with Gasteiger partial charge in [-0.25, -0.2) is 0 Å². The van der Waals surface area contributed by atoms with Crippen molar-refractivity contribution in [3.8, 4) is 11.1 Å². The lowest BCUT2D eigenvalue weighted by molar-refractivity contribution is 0.114. The average molecular weight is 422 g/mol. The highest BCUT2D eigenvalue weighted by Gasteiger charge is 2.33. The molecule has 0 atom stereocenters. The number of halogens is 2. The Kier molecular flexibility index (Phi) is 5.04. The van der Waals surface area contributed by atoms with Crippen LogP contribution in [0.25, 0.3) is 11.1 Å². The minimum absolute atomic E-state index is 0.330. The van der Waals surface area contributed by atoms with E-state index in [0.29, 0.717) is 16.1 Å². The van der Waals surface area contributed by atoms with Crippen molar-refractivity contribution >= 4 is 29.4 Å². The summed E-state index contributed by atoms with van der Waals surface area (Å²) in [7, 11) is 0. The SMILES string of the molecule is Clc1cccc(/C=N\N2CCN(C3c4ccccc4-c4ccccc43)CC2)c1Cl. The number of piperazine rings is 1.